The Kier molecular flexibility index (Phi) is 6.98. The van der Waals surface area contributed by atoms with Gasteiger partial charge in [-0.15, -0.1) is 0 Å². The number of morpholine rings is 1. The Bertz CT molecular complexity index is 735. The fraction of sp³-hybridized carbons (Fsp3) is 0.409. The zero-order valence-corrected chi connectivity index (χ0v) is 15.9. The highest BCUT2D eigenvalue weighted by molar-refractivity contribution is 5.81. The van der Waals surface area contributed by atoms with E-state index >= 15 is 0 Å². The van der Waals surface area contributed by atoms with Crippen LogP contribution in [0, 0.1) is 0 Å². The molecule has 5 nitrogen and oxygen atoms in total. The third-order valence-corrected chi connectivity index (χ3v) is 4.82. The third kappa shape index (κ3) is 6.17. The largest absolute Gasteiger partial charge is 0.376 e. The van der Waals surface area contributed by atoms with Gasteiger partial charge in [-0.3, -0.25) is 9.69 Å². The number of hydrogen-bond acceptors (Lipinski definition) is 4. The van der Waals surface area contributed by atoms with Crippen LogP contribution in [0.2, 0.25) is 0 Å². The molecule has 27 heavy (non-hydrogen) atoms. The summed E-state index contributed by atoms with van der Waals surface area (Å²) in [5.74, 6) is -0.119. The van der Waals surface area contributed by atoms with Crippen molar-refractivity contribution in [3.63, 3.8) is 0 Å². The van der Waals surface area contributed by atoms with Crippen LogP contribution in [0.25, 0.3) is 0 Å². The van der Waals surface area contributed by atoms with Gasteiger partial charge in [-0.1, -0.05) is 54.6 Å². The van der Waals surface area contributed by atoms with Crippen molar-refractivity contribution in [3.8, 4) is 0 Å². The molecule has 0 radical (unpaired) electrons. The summed E-state index contributed by atoms with van der Waals surface area (Å²) in [5.41, 5.74) is 9.47. The number of nitrogens with zero attached hydrogens (tertiary/aromatic N) is 1. The van der Waals surface area contributed by atoms with Crippen molar-refractivity contribution in [2.75, 3.05) is 19.7 Å². The average Bonchev–Trinajstić information content (AvgIpc) is 2.67. The number of amides is 1. The summed E-state index contributed by atoms with van der Waals surface area (Å²) in [6.07, 6.45) is 0.828. The molecule has 3 rings (SSSR count). The van der Waals surface area contributed by atoms with E-state index in [9.17, 15) is 4.79 Å². The zero-order valence-electron chi connectivity index (χ0n) is 15.9. The molecule has 5 heteroatoms. The second-order valence-electron chi connectivity index (χ2n) is 7.25. The van der Waals surface area contributed by atoms with Crippen molar-refractivity contribution in [1.29, 1.82) is 0 Å². The molecule has 3 N–H and O–H groups in total. The van der Waals surface area contributed by atoms with E-state index in [0.717, 1.165) is 37.4 Å². The van der Waals surface area contributed by atoms with E-state index in [1.165, 1.54) is 5.56 Å². The lowest BCUT2D eigenvalue weighted by Crippen LogP contribution is -2.41. The van der Waals surface area contributed by atoms with Gasteiger partial charge in [-0.2, -0.15) is 0 Å². The lowest BCUT2D eigenvalue weighted by molar-refractivity contribution is -0.122. The van der Waals surface area contributed by atoms with Crippen LogP contribution >= 0.6 is 0 Å². The molecule has 0 aromatic heterocycles. The highest BCUT2D eigenvalue weighted by atomic mass is 16.5. The highest BCUT2D eigenvalue weighted by Crippen LogP contribution is 2.12. The Morgan fingerprint density at radius 3 is 2.70 bits per heavy atom. The summed E-state index contributed by atoms with van der Waals surface area (Å²) in [6, 6.07) is 17.7. The number of carbonyl (C=O) groups is 1. The second-order valence-corrected chi connectivity index (χ2v) is 7.25. The van der Waals surface area contributed by atoms with Crippen LogP contribution < -0.4 is 11.1 Å². The average molecular weight is 367 g/mol. The fourth-order valence-corrected chi connectivity index (χ4v) is 3.41. The highest BCUT2D eigenvalue weighted by Gasteiger charge is 2.17. The SMILES string of the molecule is CC1CN(Cc2cccc(CNC(=O)C(N)Cc3ccccc3)c2)CCO1. The molecule has 0 saturated carbocycles. The van der Waals surface area contributed by atoms with Crippen molar-refractivity contribution in [3.05, 3.63) is 71.3 Å². The molecule has 144 valence electrons. The van der Waals surface area contributed by atoms with Crippen LogP contribution in [0.5, 0.6) is 0 Å². The quantitative estimate of drug-likeness (QED) is 0.786. The van der Waals surface area contributed by atoms with Gasteiger partial charge in [-0.05, 0) is 30.0 Å². The van der Waals surface area contributed by atoms with Crippen molar-refractivity contribution in [2.45, 2.75) is 38.6 Å². The summed E-state index contributed by atoms with van der Waals surface area (Å²) in [5, 5.41) is 2.96. The molecule has 0 spiro atoms. The van der Waals surface area contributed by atoms with Crippen molar-refractivity contribution in [1.82, 2.24) is 10.2 Å². The number of nitrogens with two attached hydrogens (primary N) is 1. The maximum Gasteiger partial charge on any atom is 0.237 e. The molecule has 0 aliphatic carbocycles. The van der Waals surface area contributed by atoms with Gasteiger partial charge in [0.05, 0.1) is 18.8 Å². The van der Waals surface area contributed by atoms with E-state index in [-0.39, 0.29) is 12.0 Å². The van der Waals surface area contributed by atoms with Gasteiger partial charge in [0.25, 0.3) is 0 Å². The molecule has 1 aliphatic rings. The number of ether oxygens (including phenoxy) is 1. The predicted octanol–water partition coefficient (Wildman–Crippen LogP) is 2.09. The monoisotopic (exact) mass is 367 g/mol. The number of benzene rings is 2. The molecule has 1 heterocycles. The van der Waals surface area contributed by atoms with Crippen LogP contribution in [0.1, 0.15) is 23.6 Å². The van der Waals surface area contributed by atoms with Gasteiger partial charge in [0.2, 0.25) is 5.91 Å². The van der Waals surface area contributed by atoms with E-state index in [2.05, 4.69) is 29.3 Å². The third-order valence-electron chi connectivity index (χ3n) is 4.82. The molecular weight excluding hydrogens is 338 g/mol. The van der Waals surface area contributed by atoms with Crippen molar-refractivity contribution >= 4 is 5.91 Å². The Labute approximate surface area is 161 Å². The zero-order chi connectivity index (χ0) is 19.1. The molecular formula is C22H29N3O2. The normalized spacial score (nSPS) is 18.8. The number of carbonyl (C=O) groups excluding carboxylic acids is 1. The minimum Gasteiger partial charge on any atom is -0.376 e. The molecule has 1 saturated heterocycles. The van der Waals surface area contributed by atoms with Crippen molar-refractivity contribution in [2.24, 2.45) is 5.73 Å². The summed E-state index contributed by atoms with van der Waals surface area (Å²) in [7, 11) is 0. The maximum absolute atomic E-state index is 12.3. The number of rotatable bonds is 7. The summed E-state index contributed by atoms with van der Waals surface area (Å²) >= 11 is 0. The van der Waals surface area contributed by atoms with E-state index in [1.54, 1.807) is 0 Å². The molecule has 1 fully saturated rings. The maximum atomic E-state index is 12.3. The Morgan fingerprint density at radius 1 is 1.19 bits per heavy atom. The lowest BCUT2D eigenvalue weighted by Gasteiger charge is -2.31. The molecule has 2 aromatic carbocycles. The lowest BCUT2D eigenvalue weighted by atomic mass is 10.1. The Balaban J connectivity index is 1.49. The number of nitrogens with one attached hydrogen (secondary N) is 1. The van der Waals surface area contributed by atoms with E-state index in [1.807, 2.05) is 42.5 Å². The first-order chi connectivity index (χ1) is 13.1. The van der Waals surface area contributed by atoms with Crippen LogP contribution in [-0.4, -0.2) is 42.6 Å². The first-order valence-corrected chi connectivity index (χ1v) is 9.59. The van der Waals surface area contributed by atoms with E-state index in [4.69, 9.17) is 10.5 Å². The molecule has 2 aromatic rings. The summed E-state index contributed by atoms with van der Waals surface area (Å²) < 4.78 is 5.60. The first-order valence-electron chi connectivity index (χ1n) is 9.59. The molecule has 1 amide bonds. The molecule has 2 atom stereocenters. The van der Waals surface area contributed by atoms with E-state index < -0.39 is 6.04 Å². The van der Waals surface area contributed by atoms with Crippen LogP contribution in [0.3, 0.4) is 0 Å². The van der Waals surface area contributed by atoms with Gasteiger partial charge in [0, 0.05) is 26.2 Å². The van der Waals surface area contributed by atoms with E-state index in [0.29, 0.717) is 13.0 Å². The minimum atomic E-state index is -0.537. The van der Waals surface area contributed by atoms with Crippen molar-refractivity contribution < 1.29 is 9.53 Å². The van der Waals surface area contributed by atoms with Gasteiger partial charge in [0.1, 0.15) is 0 Å². The van der Waals surface area contributed by atoms with Gasteiger partial charge in [0.15, 0.2) is 0 Å². The van der Waals surface area contributed by atoms with Gasteiger partial charge in [-0.25, -0.2) is 0 Å². The van der Waals surface area contributed by atoms with Crippen LogP contribution in [0.15, 0.2) is 54.6 Å². The smallest absolute Gasteiger partial charge is 0.237 e. The Hall–Kier alpha value is -2.21. The second kappa shape index (κ2) is 9.65. The van der Waals surface area contributed by atoms with Crippen LogP contribution in [-0.2, 0) is 29.0 Å². The molecule has 0 bridgehead atoms. The molecule has 2 unspecified atom stereocenters. The summed E-state index contributed by atoms with van der Waals surface area (Å²) in [6.45, 7) is 6.21. The predicted molar refractivity (Wildman–Crippen MR) is 107 cm³/mol. The van der Waals surface area contributed by atoms with Gasteiger partial charge >= 0.3 is 0 Å². The fourth-order valence-electron chi connectivity index (χ4n) is 3.41. The van der Waals surface area contributed by atoms with Gasteiger partial charge < -0.3 is 15.8 Å². The van der Waals surface area contributed by atoms with Crippen LogP contribution in [0.4, 0.5) is 0 Å². The summed E-state index contributed by atoms with van der Waals surface area (Å²) in [4.78, 5) is 14.7. The topological polar surface area (TPSA) is 67.6 Å². The Morgan fingerprint density at radius 2 is 1.93 bits per heavy atom. The first kappa shape index (κ1) is 19.5. The number of hydrogen-bond donors (Lipinski definition) is 2. The molecule has 1 aliphatic heterocycles. The standard InChI is InChI=1S/C22H29N3O2/c1-17-15-25(10-11-27-17)16-20-9-5-8-19(12-20)14-24-22(26)21(23)13-18-6-3-2-4-7-18/h2-9,12,17,21H,10-11,13-16,23H2,1H3,(H,24,26). The minimum absolute atomic E-state index is 0.119.